The number of fused-ring (bicyclic) bond motifs is 1. The Bertz CT molecular complexity index is 1550. The molecule has 0 atom stereocenters. The van der Waals surface area contributed by atoms with Gasteiger partial charge in [0.25, 0.3) is 5.56 Å². The van der Waals surface area contributed by atoms with E-state index < -0.39 is 0 Å². The van der Waals surface area contributed by atoms with E-state index >= 15 is 0 Å². The van der Waals surface area contributed by atoms with Gasteiger partial charge in [-0.2, -0.15) is 0 Å². The van der Waals surface area contributed by atoms with Gasteiger partial charge in [0.1, 0.15) is 16.5 Å². The summed E-state index contributed by atoms with van der Waals surface area (Å²) in [5, 5.41) is 9.28. The molecule has 0 bridgehead atoms. The Morgan fingerprint density at radius 3 is 2.65 bits per heavy atom. The normalized spacial score (nSPS) is 11.4. The molecule has 7 nitrogen and oxygen atoms in total. The molecule has 5 rings (SSSR count). The number of nitrogens with two attached hydrogens (primary N) is 1. The third-order valence-corrected chi connectivity index (χ3v) is 7.46. The van der Waals surface area contributed by atoms with E-state index in [4.69, 9.17) is 5.84 Å². The number of rotatable bonds is 6. The second-order valence-corrected chi connectivity index (χ2v) is 10.1. The highest BCUT2D eigenvalue weighted by Gasteiger charge is 2.18. The van der Waals surface area contributed by atoms with Crippen molar-refractivity contribution in [2.75, 3.05) is 5.84 Å². The summed E-state index contributed by atoms with van der Waals surface area (Å²) in [4.78, 5) is 22.3. The molecule has 34 heavy (non-hydrogen) atoms. The zero-order chi connectivity index (χ0) is 23.8. The van der Waals surface area contributed by atoms with Gasteiger partial charge in [-0.05, 0) is 31.0 Å². The molecule has 0 amide bonds. The van der Waals surface area contributed by atoms with E-state index in [-0.39, 0.29) is 17.8 Å². The van der Waals surface area contributed by atoms with E-state index in [0.717, 1.165) is 21.6 Å². The van der Waals surface area contributed by atoms with E-state index in [1.165, 1.54) is 33.8 Å². The van der Waals surface area contributed by atoms with E-state index in [0.29, 0.717) is 38.3 Å². The fraction of sp³-hybridized carbons (Fsp3) is 0.167. The molecule has 3 N–H and O–H groups in total. The Kier molecular flexibility index (Phi) is 5.93. The lowest BCUT2D eigenvalue weighted by molar-refractivity contribution is 0.610. The maximum atomic E-state index is 14.0. The Hall–Kier alpha value is -3.50. The summed E-state index contributed by atoms with van der Waals surface area (Å²) >= 11 is 2.81. The highest BCUT2D eigenvalue weighted by molar-refractivity contribution is 7.98. The summed E-state index contributed by atoms with van der Waals surface area (Å²) in [6.45, 7) is 4.04. The predicted molar refractivity (Wildman–Crippen MR) is 134 cm³/mol. The van der Waals surface area contributed by atoms with Crippen molar-refractivity contribution in [3.63, 3.8) is 0 Å². The number of thiophene rings is 1. The number of aromatic nitrogens is 5. The molecule has 172 valence electrons. The topological polar surface area (TPSA) is 102 Å². The number of halogens is 1. The number of aryl methyl sites for hydroxylation is 2. The molecule has 0 aliphatic heterocycles. The first-order valence-electron chi connectivity index (χ1n) is 10.6. The van der Waals surface area contributed by atoms with Crippen LogP contribution in [0, 0.1) is 19.7 Å². The van der Waals surface area contributed by atoms with Crippen molar-refractivity contribution in [1.29, 1.82) is 0 Å². The molecular weight excluding hydrogens is 471 g/mol. The number of thioether (sulfide) groups is 1. The zero-order valence-electron chi connectivity index (χ0n) is 18.5. The Labute approximate surface area is 202 Å². The van der Waals surface area contributed by atoms with Crippen LogP contribution in [-0.4, -0.2) is 24.8 Å². The molecule has 0 aliphatic rings. The largest absolute Gasteiger partial charge is 0.336 e. The molecule has 0 spiro atoms. The quantitative estimate of drug-likeness (QED) is 0.265. The second kappa shape index (κ2) is 9.03. The number of nitrogens with one attached hydrogen (secondary N) is 1. The summed E-state index contributed by atoms with van der Waals surface area (Å²) in [5.41, 5.74) is 3.41. The number of benzene rings is 2. The maximum absolute atomic E-state index is 14.0. The van der Waals surface area contributed by atoms with Gasteiger partial charge < -0.3 is 10.8 Å². The van der Waals surface area contributed by atoms with E-state index in [1.54, 1.807) is 18.2 Å². The van der Waals surface area contributed by atoms with Crippen molar-refractivity contribution < 1.29 is 4.39 Å². The Morgan fingerprint density at radius 2 is 1.88 bits per heavy atom. The van der Waals surface area contributed by atoms with E-state index in [2.05, 4.69) is 20.2 Å². The minimum absolute atomic E-state index is 0.171. The Morgan fingerprint density at radius 1 is 1.12 bits per heavy atom. The molecular formula is C24H21FN6OS2. The predicted octanol–water partition coefficient (Wildman–Crippen LogP) is 4.60. The third-order valence-electron chi connectivity index (χ3n) is 5.51. The van der Waals surface area contributed by atoms with Crippen LogP contribution in [0.2, 0.25) is 0 Å². The van der Waals surface area contributed by atoms with Crippen molar-refractivity contribution in [3.05, 3.63) is 92.4 Å². The van der Waals surface area contributed by atoms with Crippen molar-refractivity contribution in [2.24, 2.45) is 0 Å². The Balaban J connectivity index is 1.38. The average Bonchev–Trinajstić information content (AvgIpc) is 3.33. The molecule has 0 saturated carbocycles. The number of hydrogen-bond donors (Lipinski definition) is 2. The van der Waals surface area contributed by atoms with Gasteiger partial charge in [0.2, 0.25) is 5.16 Å². The van der Waals surface area contributed by atoms with Gasteiger partial charge in [-0.25, -0.2) is 14.1 Å². The first-order valence-corrected chi connectivity index (χ1v) is 12.4. The van der Waals surface area contributed by atoms with Gasteiger partial charge in [-0.3, -0.25) is 4.79 Å². The molecule has 2 aromatic carbocycles. The monoisotopic (exact) mass is 492 g/mol. The summed E-state index contributed by atoms with van der Waals surface area (Å²) in [7, 11) is 0. The number of nitrogens with zero attached hydrogens (tertiary/aromatic N) is 4. The molecule has 0 radical (unpaired) electrons. The summed E-state index contributed by atoms with van der Waals surface area (Å²) in [5.74, 6) is 7.16. The summed E-state index contributed by atoms with van der Waals surface area (Å²) < 4.78 is 15.3. The zero-order valence-corrected chi connectivity index (χ0v) is 20.1. The van der Waals surface area contributed by atoms with E-state index in [1.807, 2.05) is 38.1 Å². The van der Waals surface area contributed by atoms with Crippen molar-refractivity contribution in [1.82, 2.24) is 24.8 Å². The standard InChI is InChI=1S/C24H21FN6OS2/c1-13-7-9-15(10-8-13)20-14(2)34-23-21(20)22(32)27-18(28-23)12-33-24-30-29-19(31(24)26)11-16-5-3-4-6-17(16)25/h3-10H,11-12,26H2,1-2H3,(H,27,28,32). The molecule has 10 heteroatoms. The number of hydrogen-bond acceptors (Lipinski definition) is 7. The van der Waals surface area contributed by atoms with Crippen molar-refractivity contribution in [3.8, 4) is 11.1 Å². The van der Waals surface area contributed by atoms with Gasteiger partial charge in [0.05, 0.1) is 11.1 Å². The fourth-order valence-electron chi connectivity index (χ4n) is 3.77. The number of aromatic amines is 1. The number of nitrogen functional groups attached to an aromatic ring is 1. The molecule has 0 fully saturated rings. The van der Waals surface area contributed by atoms with Gasteiger partial charge in [-0.1, -0.05) is 59.8 Å². The van der Waals surface area contributed by atoms with Gasteiger partial charge in [0, 0.05) is 16.9 Å². The average molecular weight is 493 g/mol. The number of H-pyrrole nitrogens is 1. The molecule has 0 saturated heterocycles. The minimum Gasteiger partial charge on any atom is -0.336 e. The van der Waals surface area contributed by atoms with Crippen LogP contribution in [0.3, 0.4) is 0 Å². The van der Waals surface area contributed by atoms with Crippen LogP contribution in [0.5, 0.6) is 0 Å². The lowest BCUT2D eigenvalue weighted by Crippen LogP contribution is -2.15. The molecule has 3 aromatic heterocycles. The molecule has 0 unspecified atom stereocenters. The van der Waals surface area contributed by atoms with E-state index in [9.17, 15) is 9.18 Å². The summed E-state index contributed by atoms with van der Waals surface area (Å²) in [6, 6.07) is 14.6. The smallest absolute Gasteiger partial charge is 0.260 e. The first-order chi connectivity index (χ1) is 16.4. The maximum Gasteiger partial charge on any atom is 0.260 e. The third kappa shape index (κ3) is 4.22. The minimum atomic E-state index is -0.314. The van der Waals surface area contributed by atoms with Crippen LogP contribution in [0.1, 0.15) is 27.7 Å². The van der Waals surface area contributed by atoms with Crippen LogP contribution in [0.15, 0.2) is 58.5 Å². The first kappa shape index (κ1) is 22.3. The molecule has 3 heterocycles. The fourth-order valence-corrected chi connectivity index (χ4v) is 5.58. The SMILES string of the molecule is Cc1ccc(-c2c(C)sc3nc(CSc4nnc(Cc5ccccc5F)n4N)[nH]c(=O)c23)cc1. The second-order valence-electron chi connectivity index (χ2n) is 7.92. The van der Waals surface area contributed by atoms with Crippen LogP contribution in [0.25, 0.3) is 21.3 Å². The molecule has 0 aliphatic carbocycles. The highest BCUT2D eigenvalue weighted by Crippen LogP contribution is 2.35. The lowest BCUT2D eigenvalue weighted by Gasteiger charge is -2.05. The van der Waals surface area contributed by atoms with Gasteiger partial charge in [0.15, 0.2) is 5.82 Å². The van der Waals surface area contributed by atoms with Crippen LogP contribution < -0.4 is 11.4 Å². The summed E-state index contributed by atoms with van der Waals surface area (Å²) in [6.07, 6.45) is 0.230. The van der Waals surface area contributed by atoms with Gasteiger partial charge >= 0.3 is 0 Å². The lowest BCUT2D eigenvalue weighted by atomic mass is 10.0. The van der Waals surface area contributed by atoms with Crippen molar-refractivity contribution >= 4 is 33.3 Å². The molecule has 5 aromatic rings. The van der Waals surface area contributed by atoms with Crippen LogP contribution in [0.4, 0.5) is 4.39 Å². The van der Waals surface area contributed by atoms with Crippen molar-refractivity contribution in [2.45, 2.75) is 31.2 Å². The van der Waals surface area contributed by atoms with Gasteiger partial charge in [-0.15, -0.1) is 21.5 Å². The van der Waals surface area contributed by atoms with Crippen LogP contribution >= 0.6 is 23.1 Å². The van der Waals surface area contributed by atoms with Crippen LogP contribution in [-0.2, 0) is 12.2 Å². The highest BCUT2D eigenvalue weighted by atomic mass is 32.2.